The minimum atomic E-state index is 0.388. The summed E-state index contributed by atoms with van der Waals surface area (Å²) in [5.74, 6) is 0. The lowest BCUT2D eigenvalue weighted by molar-refractivity contribution is 0.255. The van der Waals surface area contributed by atoms with E-state index in [4.69, 9.17) is 11.6 Å². The predicted molar refractivity (Wildman–Crippen MR) is 60.9 cm³/mol. The first-order valence-corrected chi connectivity index (χ1v) is 5.61. The van der Waals surface area contributed by atoms with Crippen LogP contribution in [-0.2, 0) is 5.41 Å². The fourth-order valence-electron chi connectivity index (χ4n) is 2.23. The molecule has 1 heterocycles. The molecule has 0 bridgehead atoms. The lowest BCUT2D eigenvalue weighted by Crippen LogP contribution is -2.56. The molecule has 0 amide bonds. The lowest BCUT2D eigenvalue weighted by Gasteiger charge is -2.43. The van der Waals surface area contributed by atoms with Gasteiger partial charge >= 0.3 is 0 Å². The molecule has 0 aliphatic carbocycles. The van der Waals surface area contributed by atoms with E-state index in [1.807, 2.05) is 12.1 Å². The Kier molecular flexibility index (Phi) is 2.80. The van der Waals surface area contributed by atoms with Crippen LogP contribution < -0.4 is 5.32 Å². The zero-order chi connectivity index (χ0) is 10.0. The summed E-state index contributed by atoms with van der Waals surface area (Å²) in [6, 6.07) is 8.32. The Hall–Kier alpha value is -0.530. The maximum absolute atomic E-state index is 5.88. The molecule has 1 nitrogen and oxygen atoms in total. The summed E-state index contributed by atoms with van der Waals surface area (Å²) in [5.41, 5.74) is 1.82. The minimum absolute atomic E-state index is 0.388. The minimum Gasteiger partial charge on any atom is -0.315 e. The number of benzene rings is 1. The topological polar surface area (TPSA) is 12.0 Å². The van der Waals surface area contributed by atoms with Crippen LogP contribution >= 0.6 is 11.6 Å². The molecule has 1 N–H and O–H groups in total. The van der Waals surface area contributed by atoms with E-state index in [0.29, 0.717) is 5.41 Å². The third-order valence-electron chi connectivity index (χ3n) is 3.11. The Bertz CT molecular complexity index is 301. The largest absolute Gasteiger partial charge is 0.315 e. The average Bonchev–Trinajstić information content (AvgIpc) is 2.13. The monoisotopic (exact) mass is 209 g/mol. The van der Waals surface area contributed by atoms with Crippen molar-refractivity contribution in [3.63, 3.8) is 0 Å². The summed E-state index contributed by atoms with van der Waals surface area (Å²) < 4.78 is 0. The highest BCUT2D eigenvalue weighted by atomic mass is 35.5. The van der Waals surface area contributed by atoms with Crippen LogP contribution in [0.5, 0.6) is 0 Å². The maximum Gasteiger partial charge on any atom is 0.0406 e. The van der Waals surface area contributed by atoms with Crippen molar-refractivity contribution >= 4 is 11.6 Å². The first kappa shape index (κ1) is 10.0. The van der Waals surface area contributed by atoms with Gasteiger partial charge in [-0.15, -0.1) is 0 Å². The molecule has 0 spiro atoms. The van der Waals surface area contributed by atoms with Crippen molar-refractivity contribution in [2.24, 2.45) is 0 Å². The first-order chi connectivity index (χ1) is 6.77. The van der Waals surface area contributed by atoms with Crippen molar-refractivity contribution in [1.82, 2.24) is 5.32 Å². The molecule has 1 aromatic rings. The van der Waals surface area contributed by atoms with Gasteiger partial charge in [-0.1, -0.05) is 37.1 Å². The maximum atomic E-state index is 5.88. The Morgan fingerprint density at radius 2 is 1.93 bits per heavy atom. The summed E-state index contributed by atoms with van der Waals surface area (Å²) in [6.07, 6.45) is 2.51. The molecule has 0 radical (unpaired) electrons. The zero-order valence-electron chi connectivity index (χ0n) is 8.52. The lowest BCUT2D eigenvalue weighted by atomic mass is 9.72. The number of hydrogen-bond acceptors (Lipinski definition) is 1. The van der Waals surface area contributed by atoms with E-state index in [0.717, 1.165) is 18.1 Å². The molecule has 2 rings (SSSR count). The Labute approximate surface area is 90.5 Å². The van der Waals surface area contributed by atoms with Crippen LogP contribution in [0.15, 0.2) is 24.3 Å². The summed E-state index contributed by atoms with van der Waals surface area (Å²) in [4.78, 5) is 0. The van der Waals surface area contributed by atoms with E-state index in [9.17, 15) is 0 Å². The SMILES string of the molecule is CCCC1(c2ccc(Cl)cc2)CNC1. The van der Waals surface area contributed by atoms with Gasteiger partial charge in [-0.05, 0) is 24.1 Å². The highest BCUT2D eigenvalue weighted by molar-refractivity contribution is 6.30. The number of nitrogens with one attached hydrogen (secondary N) is 1. The second-order valence-corrected chi connectivity index (χ2v) is 4.58. The van der Waals surface area contributed by atoms with Crippen molar-refractivity contribution in [2.45, 2.75) is 25.2 Å². The molecule has 0 unspecified atom stereocenters. The van der Waals surface area contributed by atoms with Crippen LogP contribution in [0.25, 0.3) is 0 Å². The molecule has 1 aromatic carbocycles. The van der Waals surface area contributed by atoms with E-state index in [2.05, 4.69) is 24.4 Å². The molecule has 1 saturated heterocycles. The molecule has 1 aliphatic heterocycles. The number of rotatable bonds is 3. The molecule has 0 aromatic heterocycles. The highest BCUT2D eigenvalue weighted by Crippen LogP contribution is 2.33. The molecule has 1 fully saturated rings. The molecule has 14 heavy (non-hydrogen) atoms. The standard InChI is InChI=1S/C12H16ClN/c1-2-7-12(8-14-9-12)10-3-5-11(13)6-4-10/h3-6,14H,2,7-9H2,1H3. The van der Waals surface area contributed by atoms with Gasteiger partial charge < -0.3 is 5.32 Å². The van der Waals surface area contributed by atoms with Gasteiger partial charge in [0.05, 0.1) is 0 Å². The van der Waals surface area contributed by atoms with Gasteiger partial charge in [0.2, 0.25) is 0 Å². The molecule has 0 atom stereocenters. The van der Waals surface area contributed by atoms with E-state index >= 15 is 0 Å². The molecule has 0 saturated carbocycles. The smallest absolute Gasteiger partial charge is 0.0406 e. The third-order valence-corrected chi connectivity index (χ3v) is 3.36. The Morgan fingerprint density at radius 1 is 1.29 bits per heavy atom. The number of halogens is 1. The summed E-state index contributed by atoms with van der Waals surface area (Å²) in [6.45, 7) is 4.47. The zero-order valence-corrected chi connectivity index (χ0v) is 9.27. The van der Waals surface area contributed by atoms with Gasteiger partial charge in [-0.3, -0.25) is 0 Å². The summed E-state index contributed by atoms with van der Waals surface area (Å²) in [5, 5.41) is 4.19. The van der Waals surface area contributed by atoms with Gasteiger partial charge in [0.1, 0.15) is 0 Å². The van der Waals surface area contributed by atoms with Crippen molar-refractivity contribution in [3.05, 3.63) is 34.9 Å². The second-order valence-electron chi connectivity index (χ2n) is 4.14. The van der Waals surface area contributed by atoms with Gasteiger partial charge in [0.25, 0.3) is 0 Å². The molecule has 2 heteroatoms. The van der Waals surface area contributed by atoms with Crippen LogP contribution in [0.3, 0.4) is 0 Å². The van der Waals surface area contributed by atoms with Gasteiger partial charge in [0, 0.05) is 23.5 Å². The summed E-state index contributed by atoms with van der Waals surface area (Å²) in [7, 11) is 0. The van der Waals surface area contributed by atoms with Gasteiger partial charge in [-0.2, -0.15) is 0 Å². The van der Waals surface area contributed by atoms with Gasteiger partial charge in [-0.25, -0.2) is 0 Å². The van der Waals surface area contributed by atoms with Crippen molar-refractivity contribution in [1.29, 1.82) is 0 Å². The Balaban J connectivity index is 2.23. The van der Waals surface area contributed by atoms with E-state index in [1.165, 1.54) is 18.4 Å². The predicted octanol–water partition coefficient (Wildman–Crippen LogP) is 2.98. The first-order valence-electron chi connectivity index (χ1n) is 5.24. The molecule has 76 valence electrons. The molecular weight excluding hydrogens is 194 g/mol. The van der Waals surface area contributed by atoms with Crippen LogP contribution in [0.4, 0.5) is 0 Å². The number of hydrogen-bond donors (Lipinski definition) is 1. The van der Waals surface area contributed by atoms with Crippen LogP contribution in [0.1, 0.15) is 25.3 Å². The van der Waals surface area contributed by atoms with E-state index in [1.54, 1.807) is 0 Å². The van der Waals surface area contributed by atoms with E-state index < -0.39 is 0 Å². The van der Waals surface area contributed by atoms with Crippen molar-refractivity contribution in [3.8, 4) is 0 Å². The fourth-order valence-corrected chi connectivity index (χ4v) is 2.36. The highest BCUT2D eigenvalue weighted by Gasteiger charge is 2.37. The quantitative estimate of drug-likeness (QED) is 0.807. The second kappa shape index (κ2) is 3.92. The third kappa shape index (κ3) is 1.67. The van der Waals surface area contributed by atoms with Crippen LogP contribution in [0, 0.1) is 0 Å². The fraction of sp³-hybridized carbons (Fsp3) is 0.500. The average molecular weight is 210 g/mol. The van der Waals surface area contributed by atoms with Crippen LogP contribution in [0.2, 0.25) is 5.02 Å². The summed E-state index contributed by atoms with van der Waals surface area (Å²) >= 11 is 5.88. The molecule has 1 aliphatic rings. The molecular formula is C12H16ClN. The van der Waals surface area contributed by atoms with Gasteiger partial charge in [0.15, 0.2) is 0 Å². The van der Waals surface area contributed by atoms with Crippen molar-refractivity contribution < 1.29 is 0 Å². The van der Waals surface area contributed by atoms with Crippen LogP contribution in [-0.4, -0.2) is 13.1 Å². The van der Waals surface area contributed by atoms with E-state index in [-0.39, 0.29) is 0 Å². The van der Waals surface area contributed by atoms with Crippen molar-refractivity contribution in [2.75, 3.05) is 13.1 Å². The Morgan fingerprint density at radius 3 is 2.36 bits per heavy atom. The normalized spacial score (nSPS) is 19.0.